The molecule has 9 heteroatoms. The Morgan fingerprint density at radius 1 is 1.03 bits per heavy atom. The lowest BCUT2D eigenvalue weighted by atomic mass is 10.1. The topological polar surface area (TPSA) is 90.7 Å². The number of benzene rings is 2. The van der Waals surface area contributed by atoms with Gasteiger partial charge in [-0.3, -0.25) is 9.69 Å². The molecule has 4 rings (SSSR count). The number of anilines is 1. The van der Waals surface area contributed by atoms with Crippen molar-refractivity contribution in [3.05, 3.63) is 70.6 Å². The zero-order valence-electron chi connectivity index (χ0n) is 18.6. The largest absolute Gasteiger partial charge is 0.441 e. The van der Waals surface area contributed by atoms with Gasteiger partial charge in [0.15, 0.2) is 0 Å². The molecule has 1 aliphatic heterocycles. The molecule has 3 aromatic rings. The van der Waals surface area contributed by atoms with Gasteiger partial charge < -0.3 is 20.0 Å². The number of nitrogens with one attached hydrogen (secondary N) is 2. The number of carbonyl (C=O) groups excluding carboxylic acids is 2. The number of rotatable bonds is 5. The van der Waals surface area contributed by atoms with Crippen LogP contribution in [0.2, 0.25) is 5.02 Å². The molecule has 0 bridgehead atoms. The Hall–Kier alpha value is -3.36. The molecule has 0 unspecified atom stereocenters. The molecule has 0 aliphatic carbocycles. The van der Waals surface area contributed by atoms with Crippen LogP contribution < -0.4 is 10.6 Å². The van der Waals surface area contributed by atoms with E-state index in [9.17, 15) is 9.59 Å². The zero-order valence-corrected chi connectivity index (χ0v) is 19.4. The van der Waals surface area contributed by atoms with Gasteiger partial charge in [0.1, 0.15) is 5.76 Å². The lowest BCUT2D eigenvalue weighted by Gasteiger charge is -2.34. The highest BCUT2D eigenvalue weighted by atomic mass is 35.5. The molecular formula is C24H26ClN5O3. The van der Waals surface area contributed by atoms with Crippen LogP contribution >= 0.6 is 11.6 Å². The summed E-state index contributed by atoms with van der Waals surface area (Å²) in [7, 11) is 1.60. The lowest BCUT2D eigenvalue weighted by Crippen LogP contribution is -2.49. The average Bonchev–Trinajstić information content (AvgIpc) is 3.20. The van der Waals surface area contributed by atoms with E-state index in [0.29, 0.717) is 36.1 Å². The molecular weight excluding hydrogens is 442 g/mol. The number of aryl methyl sites for hydroxylation is 1. The van der Waals surface area contributed by atoms with E-state index in [1.54, 1.807) is 48.3 Å². The second-order valence-corrected chi connectivity index (χ2v) is 8.32. The van der Waals surface area contributed by atoms with Gasteiger partial charge in [-0.25, -0.2) is 9.78 Å². The van der Waals surface area contributed by atoms with Gasteiger partial charge in [0.2, 0.25) is 5.89 Å². The summed E-state index contributed by atoms with van der Waals surface area (Å²) in [4.78, 5) is 33.0. The van der Waals surface area contributed by atoms with Gasteiger partial charge in [0.05, 0.1) is 5.69 Å². The fourth-order valence-corrected chi connectivity index (χ4v) is 3.79. The Labute approximate surface area is 197 Å². The van der Waals surface area contributed by atoms with Crippen molar-refractivity contribution in [2.45, 2.75) is 13.5 Å². The lowest BCUT2D eigenvalue weighted by molar-refractivity contribution is 0.0963. The van der Waals surface area contributed by atoms with Gasteiger partial charge >= 0.3 is 6.03 Å². The molecule has 0 saturated carbocycles. The maximum absolute atomic E-state index is 12.5. The molecule has 0 spiro atoms. The number of hydrogen-bond acceptors (Lipinski definition) is 5. The number of urea groups is 1. The number of aromatic nitrogens is 1. The van der Waals surface area contributed by atoms with Gasteiger partial charge in [-0.2, -0.15) is 0 Å². The minimum Gasteiger partial charge on any atom is -0.441 e. The molecule has 2 aromatic carbocycles. The van der Waals surface area contributed by atoms with Crippen molar-refractivity contribution in [1.82, 2.24) is 20.1 Å². The highest BCUT2D eigenvalue weighted by molar-refractivity contribution is 6.30. The Morgan fingerprint density at radius 2 is 1.70 bits per heavy atom. The summed E-state index contributed by atoms with van der Waals surface area (Å²) in [5.74, 6) is 1.17. The van der Waals surface area contributed by atoms with E-state index in [1.807, 2.05) is 19.1 Å². The fraction of sp³-hybridized carbons (Fsp3) is 0.292. The highest BCUT2D eigenvalue weighted by Crippen LogP contribution is 2.23. The summed E-state index contributed by atoms with van der Waals surface area (Å²) in [5.41, 5.74) is 3.00. The first-order valence-electron chi connectivity index (χ1n) is 10.8. The van der Waals surface area contributed by atoms with Crippen LogP contribution in [0.1, 0.15) is 21.8 Å². The van der Waals surface area contributed by atoms with E-state index in [4.69, 9.17) is 16.0 Å². The van der Waals surface area contributed by atoms with Crippen molar-refractivity contribution in [3.8, 4) is 11.5 Å². The molecule has 33 heavy (non-hydrogen) atoms. The number of halogens is 1. The molecule has 1 aromatic heterocycles. The summed E-state index contributed by atoms with van der Waals surface area (Å²) in [6, 6.07) is 14.1. The van der Waals surface area contributed by atoms with Gasteiger partial charge in [-0.15, -0.1) is 0 Å². The summed E-state index contributed by atoms with van der Waals surface area (Å²) in [5, 5.41) is 6.15. The molecule has 0 atom stereocenters. The number of hydrogen-bond donors (Lipinski definition) is 2. The first-order chi connectivity index (χ1) is 15.9. The quantitative estimate of drug-likeness (QED) is 0.591. The van der Waals surface area contributed by atoms with E-state index < -0.39 is 0 Å². The maximum atomic E-state index is 12.5. The third kappa shape index (κ3) is 5.53. The standard InChI is InChI=1S/C24H26ClN5O3/c1-16-21(28-23(33-16)18-5-3-17(4-6-18)22(31)26-2)15-29-11-13-30(14-12-29)24(32)27-20-9-7-19(25)8-10-20/h3-10H,11-15H2,1-2H3,(H,26,31)(H,27,32). The minimum absolute atomic E-state index is 0.114. The molecule has 1 aliphatic rings. The van der Waals surface area contributed by atoms with Crippen LogP contribution in [0.3, 0.4) is 0 Å². The molecule has 2 N–H and O–H groups in total. The van der Waals surface area contributed by atoms with Gasteiger partial charge in [-0.1, -0.05) is 11.6 Å². The third-order valence-corrected chi connectivity index (χ3v) is 5.89. The van der Waals surface area contributed by atoms with Crippen LogP contribution in [0, 0.1) is 6.92 Å². The summed E-state index contributed by atoms with van der Waals surface area (Å²) in [6.45, 7) is 5.31. The number of nitrogens with zero attached hydrogens (tertiary/aromatic N) is 3. The number of amides is 3. The molecule has 8 nitrogen and oxygen atoms in total. The van der Waals surface area contributed by atoms with E-state index >= 15 is 0 Å². The molecule has 0 radical (unpaired) electrons. The Kier molecular flexibility index (Phi) is 6.96. The predicted octanol–water partition coefficient (Wildman–Crippen LogP) is 4.01. The van der Waals surface area contributed by atoms with Crippen LogP contribution in [0.4, 0.5) is 10.5 Å². The molecule has 172 valence electrons. The summed E-state index contributed by atoms with van der Waals surface area (Å²) < 4.78 is 5.88. The number of piperazine rings is 1. The number of carbonyl (C=O) groups is 2. The second-order valence-electron chi connectivity index (χ2n) is 7.88. The highest BCUT2D eigenvalue weighted by Gasteiger charge is 2.23. The zero-order chi connectivity index (χ0) is 23.4. The second kappa shape index (κ2) is 10.1. The monoisotopic (exact) mass is 467 g/mol. The van der Waals surface area contributed by atoms with Crippen LogP contribution in [-0.2, 0) is 6.54 Å². The number of oxazole rings is 1. The SMILES string of the molecule is CNC(=O)c1ccc(-c2nc(CN3CCN(C(=O)Nc4ccc(Cl)cc4)CC3)c(C)o2)cc1. The van der Waals surface area contributed by atoms with Crippen LogP contribution in [0.15, 0.2) is 52.9 Å². The molecule has 2 heterocycles. The van der Waals surface area contributed by atoms with E-state index in [2.05, 4.69) is 20.5 Å². The summed E-state index contributed by atoms with van der Waals surface area (Å²) >= 11 is 5.89. The van der Waals surface area contributed by atoms with Gasteiger partial charge in [-0.05, 0) is 55.5 Å². The Bertz CT molecular complexity index is 1120. The van der Waals surface area contributed by atoms with Crippen molar-refractivity contribution in [1.29, 1.82) is 0 Å². The third-order valence-electron chi connectivity index (χ3n) is 5.64. The molecule has 1 saturated heterocycles. The van der Waals surface area contributed by atoms with Crippen molar-refractivity contribution in [3.63, 3.8) is 0 Å². The summed E-state index contributed by atoms with van der Waals surface area (Å²) in [6.07, 6.45) is 0. The van der Waals surface area contributed by atoms with Crippen molar-refractivity contribution in [2.24, 2.45) is 0 Å². The van der Waals surface area contributed by atoms with Crippen molar-refractivity contribution < 1.29 is 14.0 Å². The molecule has 1 fully saturated rings. The van der Waals surface area contributed by atoms with E-state index in [-0.39, 0.29) is 11.9 Å². The Balaban J connectivity index is 1.32. The van der Waals surface area contributed by atoms with Gasteiger partial charge in [0.25, 0.3) is 5.91 Å². The van der Waals surface area contributed by atoms with Crippen LogP contribution in [0.25, 0.3) is 11.5 Å². The smallest absolute Gasteiger partial charge is 0.321 e. The van der Waals surface area contributed by atoms with Gasteiger partial charge in [0, 0.05) is 61.6 Å². The van der Waals surface area contributed by atoms with E-state index in [1.165, 1.54) is 0 Å². The first kappa shape index (κ1) is 22.8. The van der Waals surface area contributed by atoms with E-state index in [0.717, 1.165) is 35.8 Å². The molecule has 3 amide bonds. The fourth-order valence-electron chi connectivity index (χ4n) is 3.66. The van der Waals surface area contributed by atoms with Crippen LogP contribution in [-0.4, -0.2) is 59.9 Å². The first-order valence-corrected chi connectivity index (χ1v) is 11.1. The minimum atomic E-state index is -0.133. The normalized spacial score (nSPS) is 14.2. The maximum Gasteiger partial charge on any atom is 0.321 e. The average molecular weight is 468 g/mol. The Morgan fingerprint density at radius 3 is 2.33 bits per heavy atom. The predicted molar refractivity (Wildman–Crippen MR) is 127 cm³/mol. The van der Waals surface area contributed by atoms with Crippen LogP contribution in [0.5, 0.6) is 0 Å². The van der Waals surface area contributed by atoms with Crippen molar-refractivity contribution >= 4 is 29.2 Å². The van der Waals surface area contributed by atoms with Crippen molar-refractivity contribution in [2.75, 3.05) is 38.5 Å².